The van der Waals surface area contributed by atoms with E-state index in [9.17, 15) is 0 Å². The lowest BCUT2D eigenvalue weighted by Gasteiger charge is -2.26. The molecule has 0 aromatic rings. The van der Waals surface area contributed by atoms with Gasteiger partial charge in [0.15, 0.2) is 0 Å². The summed E-state index contributed by atoms with van der Waals surface area (Å²) in [5, 5.41) is 8.34. The third kappa shape index (κ3) is 4.59. The number of nitriles is 1. The Balaban J connectivity index is 1.98. The number of hydrogen-bond acceptors (Lipinski definition) is 3. The SMILES string of the molecule is N#CCCCCOC1CCCC(N)C1. The Morgan fingerprint density at radius 3 is 2.93 bits per heavy atom. The van der Waals surface area contributed by atoms with Gasteiger partial charge in [0.25, 0.3) is 0 Å². The fourth-order valence-electron chi connectivity index (χ4n) is 1.89. The lowest BCUT2D eigenvalue weighted by atomic mass is 9.93. The van der Waals surface area contributed by atoms with E-state index >= 15 is 0 Å². The van der Waals surface area contributed by atoms with Crippen LogP contribution in [0, 0.1) is 11.3 Å². The van der Waals surface area contributed by atoms with Gasteiger partial charge >= 0.3 is 0 Å². The molecular weight excluding hydrogens is 176 g/mol. The fraction of sp³-hybridized carbons (Fsp3) is 0.909. The number of unbranched alkanes of at least 4 members (excludes halogenated alkanes) is 2. The fourth-order valence-corrected chi connectivity index (χ4v) is 1.89. The Labute approximate surface area is 86.2 Å². The first-order chi connectivity index (χ1) is 6.83. The molecular formula is C11H20N2O. The number of nitrogens with zero attached hydrogens (tertiary/aromatic N) is 1. The van der Waals surface area contributed by atoms with E-state index in [4.69, 9.17) is 15.7 Å². The second-order valence-corrected chi connectivity index (χ2v) is 4.03. The molecule has 2 N–H and O–H groups in total. The van der Waals surface area contributed by atoms with Gasteiger partial charge in [-0.1, -0.05) is 0 Å². The number of rotatable bonds is 5. The van der Waals surface area contributed by atoms with Crippen LogP contribution in [0.1, 0.15) is 44.9 Å². The highest BCUT2D eigenvalue weighted by atomic mass is 16.5. The van der Waals surface area contributed by atoms with Crippen molar-refractivity contribution < 1.29 is 4.74 Å². The van der Waals surface area contributed by atoms with Gasteiger partial charge in [-0.05, 0) is 38.5 Å². The van der Waals surface area contributed by atoms with Crippen LogP contribution >= 0.6 is 0 Å². The first-order valence-corrected chi connectivity index (χ1v) is 5.57. The van der Waals surface area contributed by atoms with Crippen molar-refractivity contribution in [1.29, 1.82) is 5.26 Å². The third-order valence-electron chi connectivity index (χ3n) is 2.70. The van der Waals surface area contributed by atoms with Crippen molar-refractivity contribution in [3.05, 3.63) is 0 Å². The molecule has 1 aliphatic carbocycles. The number of hydrogen-bond donors (Lipinski definition) is 1. The average molecular weight is 196 g/mol. The minimum absolute atomic E-state index is 0.341. The monoisotopic (exact) mass is 196 g/mol. The Morgan fingerprint density at radius 1 is 1.36 bits per heavy atom. The summed E-state index contributed by atoms with van der Waals surface area (Å²) in [4.78, 5) is 0. The largest absolute Gasteiger partial charge is 0.378 e. The summed E-state index contributed by atoms with van der Waals surface area (Å²) in [6.07, 6.45) is 7.49. The topological polar surface area (TPSA) is 59.0 Å². The van der Waals surface area contributed by atoms with Gasteiger partial charge in [0.1, 0.15) is 0 Å². The lowest BCUT2D eigenvalue weighted by molar-refractivity contribution is 0.0218. The molecule has 0 saturated heterocycles. The molecule has 80 valence electrons. The molecule has 0 aromatic carbocycles. The van der Waals surface area contributed by atoms with Crippen molar-refractivity contribution in [3.63, 3.8) is 0 Å². The molecule has 0 heterocycles. The number of ether oxygens (including phenoxy) is 1. The summed E-state index contributed by atoms with van der Waals surface area (Å²) in [6.45, 7) is 0.791. The molecule has 1 aliphatic rings. The van der Waals surface area contributed by atoms with E-state index in [2.05, 4.69) is 6.07 Å². The molecule has 0 aliphatic heterocycles. The van der Waals surface area contributed by atoms with Crippen LogP contribution in [0.5, 0.6) is 0 Å². The molecule has 2 atom stereocenters. The van der Waals surface area contributed by atoms with Gasteiger partial charge in [0, 0.05) is 19.1 Å². The van der Waals surface area contributed by atoms with E-state index in [0.29, 0.717) is 18.6 Å². The van der Waals surface area contributed by atoms with Crippen LogP contribution in [0.25, 0.3) is 0 Å². The van der Waals surface area contributed by atoms with Crippen LogP contribution in [-0.4, -0.2) is 18.8 Å². The Morgan fingerprint density at radius 2 is 2.21 bits per heavy atom. The zero-order valence-corrected chi connectivity index (χ0v) is 8.74. The van der Waals surface area contributed by atoms with Crippen molar-refractivity contribution in [1.82, 2.24) is 0 Å². The van der Waals surface area contributed by atoms with E-state index in [1.165, 1.54) is 6.42 Å². The molecule has 0 bridgehead atoms. The van der Waals surface area contributed by atoms with Crippen molar-refractivity contribution >= 4 is 0 Å². The molecule has 14 heavy (non-hydrogen) atoms. The Bertz CT molecular complexity index is 188. The molecule has 2 unspecified atom stereocenters. The molecule has 0 radical (unpaired) electrons. The quantitative estimate of drug-likeness (QED) is 0.684. The van der Waals surface area contributed by atoms with Crippen molar-refractivity contribution in [2.75, 3.05) is 6.61 Å². The molecule has 0 spiro atoms. The van der Waals surface area contributed by atoms with Crippen LogP contribution in [0.4, 0.5) is 0 Å². The summed E-state index contributed by atoms with van der Waals surface area (Å²) in [7, 11) is 0. The molecule has 3 nitrogen and oxygen atoms in total. The second-order valence-electron chi connectivity index (χ2n) is 4.03. The van der Waals surface area contributed by atoms with Gasteiger partial charge in [0.05, 0.1) is 12.2 Å². The second kappa shape index (κ2) is 6.80. The van der Waals surface area contributed by atoms with Crippen LogP contribution < -0.4 is 5.73 Å². The predicted molar refractivity (Wildman–Crippen MR) is 55.6 cm³/mol. The van der Waals surface area contributed by atoms with Crippen LogP contribution in [0.2, 0.25) is 0 Å². The summed E-state index contributed by atoms with van der Waals surface area (Å²) < 4.78 is 5.71. The van der Waals surface area contributed by atoms with Gasteiger partial charge in [-0.15, -0.1) is 0 Å². The molecule has 1 fully saturated rings. The first kappa shape index (κ1) is 11.5. The summed E-state index contributed by atoms with van der Waals surface area (Å²) >= 11 is 0. The zero-order valence-electron chi connectivity index (χ0n) is 8.74. The van der Waals surface area contributed by atoms with Crippen LogP contribution in [0.3, 0.4) is 0 Å². The lowest BCUT2D eigenvalue weighted by Crippen LogP contribution is -2.32. The highest BCUT2D eigenvalue weighted by Gasteiger charge is 2.18. The van der Waals surface area contributed by atoms with E-state index in [1.54, 1.807) is 0 Å². The minimum Gasteiger partial charge on any atom is -0.378 e. The summed E-state index contributed by atoms with van der Waals surface area (Å²) in [5.74, 6) is 0. The smallest absolute Gasteiger partial charge is 0.0621 e. The van der Waals surface area contributed by atoms with Gasteiger partial charge in [-0.3, -0.25) is 0 Å². The molecule has 1 saturated carbocycles. The van der Waals surface area contributed by atoms with E-state index in [1.807, 2.05) is 0 Å². The Hall–Kier alpha value is -0.590. The maximum absolute atomic E-state index is 8.34. The van der Waals surface area contributed by atoms with Gasteiger partial charge < -0.3 is 10.5 Å². The van der Waals surface area contributed by atoms with E-state index in [-0.39, 0.29) is 0 Å². The minimum atomic E-state index is 0.341. The average Bonchev–Trinajstić information content (AvgIpc) is 2.18. The van der Waals surface area contributed by atoms with E-state index in [0.717, 1.165) is 38.7 Å². The van der Waals surface area contributed by atoms with E-state index < -0.39 is 0 Å². The van der Waals surface area contributed by atoms with Gasteiger partial charge in [-0.25, -0.2) is 0 Å². The van der Waals surface area contributed by atoms with Crippen molar-refractivity contribution in [2.24, 2.45) is 5.73 Å². The predicted octanol–water partition coefficient (Wildman–Crippen LogP) is 1.97. The van der Waals surface area contributed by atoms with Crippen molar-refractivity contribution in [3.8, 4) is 6.07 Å². The van der Waals surface area contributed by atoms with Gasteiger partial charge in [0.2, 0.25) is 0 Å². The maximum Gasteiger partial charge on any atom is 0.0621 e. The number of nitrogens with two attached hydrogens (primary N) is 1. The normalized spacial score (nSPS) is 27.1. The highest BCUT2D eigenvalue weighted by molar-refractivity contribution is 4.75. The summed E-state index contributed by atoms with van der Waals surface area (Å²) in [5.41, 5.74) is 5.85. The molecule has 3 heteroatoms. The Kier molecular flexibility index (Phi) is 5.58. The summed E-state index contributed by atoms with van der Waals surface area (Å²) in [6, 6.07) is 2.48. The van der Waals surface area contributed by atoms with Crippen LogP contribution in [-0.2, 0) is 4.74 Å². The van der Waals surface area contributed by atoms with Gasteiger partial charge in [-0.2, -0.15) is 5.26 Å². The molecule has 0 amide bonds. The molecule has 0 aromatic heterocycles. The third-order valence-corrected chi connectivity index (χ3v) is 2.70. The maximum atomic E-state index is 8.34. The van der Waals surface area contributed by atoms with Crippen LogP contribution in [0.15, 0.2) is 0 Å². The standard InChI is InChI=1S/C11H20N2O/c12-7-2-1-3-8-14-11-6-4-5-10(13)9-11/h10-11H,1-6,8-9,13H2. The zero-order chi connectivity index (χ0) is 10.2. The van der Waals surface area contributed by atoms with Crippen molar-refractivity contribution in [2.45, 2.75) is 57.1 Å². The first-order valence-electron chi connectivity index (χ1n) is 5.57. The molecule has 1 rings (SSSR count). The highest BCUT2D eigenvalue weighted by Crippen LogP contribution is 2.19.